The molecule has 0 N–H and O–H groups in total. The molecular formula is C13H9Cl2NO4S2. The van der Waals surface area contributed by atoms with Gasteiger partial charge in [-0.2, -0.15) is 8.42 Å². The maximum atomic E-state index is 11.3. The molecule has 0 spiro atoms. The van der Waals surface area contributed by atoms with Crippen molar-refractivity contribution in [2.45, 2.75) is 5.25 Å². The molecule has 2 rings (SSSR count). The van der Waals surface area contributed by atoms with E-state index in [9.17, 15) is 13.2 Å². The van der Waals surface area contributed by atoms with Crippen molar-refractivity contribution >= 4 is 61.6 Å². The molecule has 0 radical (unpaired) electrons. The summed E-state index contributed by atoms with van der Waals surface area (Å²) in [5.74, 6) is 1.85. The first-order valence-electron chi connectivity index (χ1n) is 5.82. The van der Waals surface area contributed by atoms with Gasteiger partial charge in [0, 0.05) is 5.56 Å². The van der Waals surface area contributed by atoms with E-state index in [1.807, 2.05) is 5.94 Å². The van der Waals surface area contributed by atoms with Crippen LogP contribution in [0.1, 0.15) is 5.56 Å². The minimum Gasteiger partial charge on any atom is -0.268 e. The summed E-state index contributed by atoms with van der Waals surface area (Å²) in [6, 6.07) is 4.90. The third-order valence-electron chi connectivity index (χ3n) is 2.55. The SMILES string of the molecule is CS(=O)(=O)O/N=C1\C=CC(C(=C=O)c2c(Cl)cccc2Cl)S1. The lowest BCUT2D eigenvalue weighted by atomic mass is 10.0. The van der Waals surface area contributed by atoms with Gasteiger partial charge in [-0.05, 0) is 18.2 Å². The molecule has 116 valence electrons. The number of carbonyl (C=O) groups excluding carboxylic acids is 1. The van der Waals surface area contributed by atoms with Gasteiger partial charge in [-0.15, -0.1) is 0 Å². The number of thioether (sulfide) groups is 1. The summed E-state index contributed by atoms with van der Waals surface area (Å²) in [5, 5.41) is 4.04. The molecule has 1 atom stereocenters. The van der Waals surface area contributed by atoms with Gasteiger partial charge in [0.1, 0.15) is 11.0 Å². The van der Waals surface area contributed by atoms with Gasteiger partial charge in [-0.1, -0.05) is 52.3 Å². The molecule has 22 heavy (non-hydrogen) atoms. The number of nitrogens with zero attached hydrogens (tertiary/aromatic N) is 1. The van der Waals surface area contributed by atoms with E-state index >= 15 is 0 Å². The van der Waals surface area contributed by atoms with Crippen LogP contribution in [0.2, 0.25) is 10.0 Å². The topological polar surface area (TPSA) is 72.8 Å². The number of hydrogen-bond donors (Lipinski definition) is 0. The van der Waals surface area contributed by atoms with Gasteiger partial charge in [-0.25, -0.2) is 4.79 Å². The van der Waals surface area contributed by atoms with E-state index < -0.39 is 15.4 Å². The van der Waals surface area contributed by atoms with Crippen LogP contribution in [0.3, 0.4) is 0 Å². The van der Waals surface area contributed by atoms with E-state index in [1.54, 1.807) is 30.4 Å². The van der Waals surface area contributed by atoms with Crippen molar-refractivity contribution in [2.24, 2.45) is 5.16 Å². The Morgan fingerprint density at radius 2 is 2.00 bits per heavy atom. The average Bonchev–Trinajstić information content (AvgIpc) is 2.88. The molecule has 0 aliphatic carbocycles. The van der Waals surface area contributed by atoms with Gasteiger partial charge < -0.3 is 0 Å². The fourth-order valence-corrected chi connectivity index (χ4v) is 3.50. The number of benzene rings is 1. The van der Waals surface area contributed by atoms with Gasteiger partial charge in [0.05, 0.1) is 27.1 Å². The zero-order chi connectivity index (χ0) is 16.3. The first-order chi connectivity index (χ1) is 10.3. The molecule has 1 aromatic carbocycles. The minimum atomic E-state index is -3.68. The summed E-state index contributed by atoms with van der Waals surface area (Å²) < 4.78 is 26.2. The van der Waals surface area contributed by atoms with Gasteiger partial charge in [0.25, 0.3) is 0 Å². The van der Waals surface area contributed by atoms with E-state index in [1.165, 1.54) is 0 Å². The summed E-state index contributed by atoms with van der Waals surface area (Å²) in [5.41, 5.74) is 0.648. The first kappa shape index (κ1) is 17.1. The molecule has 0 amide bonds. The number of hydrogen-bond acceptors (Lipinski definition) is 6. The molecule has 0 saturated carbocycles. The van der Waals surface area contributed by atoms with Crippen LogP contribution in [0, 0.1) is 0 Å². The van der Waals surface area contributed by atoms with Crippen molar-refractivity contribution < 1.29 is 17.5 Å². The first-order valence-corrected chi connectivity index (χ1v) is 9.28. The quantitative estimate of drug-likeness (QED) is 0.595. The normalized spacial score (nSPS) is 19.2. The Morgan fingerprint density at radius 1 is 1.36 bits per heavy atom. The van der Waals surface area contributed by atoms with Crippen LogP contribution < -0.4 is 0 Å². The van der Waals surface area contributed by atoms with Crippen LogP contribution >= 0.6 is 35.0 Å². The molecule has 1 unspecified atom stereocenters. The van der Waals surface area contributed by atoms with E-state index in [-0.39, 0.29) is 5.57 Å². The molecule has 5 nitrogen and oxygen atoms in total. The van der Waals surface area contributed by atoms with Crippen LogP contribution in [-0.2, 0) is 19.2 Å². The van der Waals surface area contributed by atoms with Gasteiger partial charge in [0.15, 0.2) is 0 Å². The number of rotatable bonds is 4. The number of oxime groups is 1. The molecule has 1 aliphatic heterocycles. The monoisotopic (exact) mass is 377 g/mol. The highest BCUT2D eigenvalue weighted by molar-refractivity contribution is 8.15. The second kappa shape index (κ2) is 6.89. The summed E-state index contributed by atoms with van der Waals surface area (Å²) >= 11 is 13.3. The van der Waals surface area contributed by atoms with Crippen molar-refractivity contribution in [2.75, 3.05) is 6.26 Å². The second-order valence-corrected chi connectivity index (χ2v) is 7.75. The van der Waals surface area contributed by atoms with Crippen LogP contribution in [-0.4, -0.2) is 30.9 Å². The summed E-state index contributed by atoms with van der Waals surface area (Å²) in [6.45, 7) is 0. The van der Waals surface area contributed by atoms with Crippen LogP contribution in [0.25, 0.3) is 5.57 Å². The van der Waals surface area contributed by atoms with Crippen molar-refractivity contribution in [3.05, 3.63) is 46.0 Å². The zero-order valence-electron chi connectivity index (χ0n) is 11.1. The highest BCUT2D eigenvalue weighted by atomic mass is 35.5. The molecule has 1 aromatic rings. The zero-order valence-corrected chi connectivity index (χ0v) is 14.3. The van der Waals surface area contributed by atoms with Crippen molar-refractivity contribution in [3.8, 4) is 0 Å². The molecule has 0 saturated heterocycles. The maximum absolute atomic E-state index is 11.3. The predicted octanol–water partition coefficient (Wildman–Crippen LogP) is 3.17. The molecule has 1 heterocycles. The Kier molecular flexibility index (Phi) is 5.36. The smallest absolute Gasteiger partial charge is 0.268 e. The fraction of sp³-hybridized carbons (Fsp3) is 0.154. The Labute approximate surface area is 141 Å². The van der Waals surface area contributed by atoms with Crippen LogP contribution in [0.4, 0.5) is 0 Å². The van der Waals surface area contributed by atoms with E-state index in [2.05, 4.69) is 9.44 Å². The Bertz CT molecular complexity index is 791. The lowest BCUT2D eigenvalue weighted by Gasteiger charge is -2.12. The Morgan fingerprint density at radius 3 is 2.55 bits per heavy atom. The lowest BCUT2D eigenvalue weighted by molar-refractivity contribution is 0.345. The van der Waals surface area contributed by atoms with Crippen molar-refractivity contribution in [1.82, 2.24) is 0 Å². The average molecular weight is 378 g/mol. The van der Waals surface area contributed by atoms with Gasteiger partial charge >= 0.3 is 10.1 Å². The molecule has 0 aromatic heterocycles. The maximum Gasteiger partial charge on any atom is 0.325 e. The third-order valence-corrected chi connectivity index (χ3v) is 4.62. The van der Waals surface area contributed by atoms with Gasteiger partial charge in [-0.3, -0.25) is 4.28 Å². The van der Waals surface area contributed by atoms with Crippen LogP contribution in [0.15, 0.2) is 35.5 Å². The van der Waals surface area contributed by atoms with Crippen molar-refractivity contribution in [3.63, 3.8) is 0 Å². The lowest BCUT2D eigenvalue weighted by Crippen LogP contribution is -2.04. The van der Waals surface area contributed by atoms with Crippen LogP contribution in [0.5, 0.6) is 0 Å². The van der Waals surface area contributed by atoms with E-state index in [4.69, 9.17) is 23.2 Å². The molecule has 0 fully saturated rings. The largest absolute Gasteiger partial charge is 0.325 e. The Balaban J connectivity index is 2.26. The van der Waals surface area contributed by atoms with E-state index in [0.29, 0.717) is 20.7 Å². The second-order valence-electron chi connectivity index (χ2n) is 4.22. The van der Waals surface area contributed by atoms with Crippen molar-refractivity contribution in [1.29, 1.82) is 0 Å². The minimum absolute atomic E-state index is 0.251. The molecular weight excluding hydrogens is 369 g/mol. The summed E-state index contributed by atoms with van der Waals surface area (Å²) in [4.78, 5) is 11.3. The molecule has 9 heteroatoms. The summed E-state index contributed by atoms with van der Waals surface area (Å²) in [6.07, 6.45) is 4.09. The highest BCUT2D eigenvalue weighted by Gasteiger charge is 2.25. The Hall–Kier alpha value is -1.24. The predicted molar refractivity (Wildman–Crippen MR) is 89.4 cm³/mol. The summed E-state index contributed by atoms with van der Waals surface area (Å²) in [7, 11) is -3.68. The third kappa shape index (κ3) is 4.15. The van der Waals surface area contributed by atoms with Gasteiger partial charge in [0.2, 0.25) is 0 Å². The van der Waals surface area contributed by atoms with E-state index in [0.717, 1.165) is 18.0 Å². The number of halogens is 2. The fourth-order valence-electron chi connectivity index (χ4n) is 1.70. The highest BCUT2D eigenvalue weighted by Crippen LogP contribution is 2.38. The standard InChI is InChI=1S/C13H9Cl2NO4S2/c1-22(18,19)20-16-12-6-5-11(21-12)8(7-17)13-9(14)3-2-4-10(13)15/h2-6,11H,1H3/b16-12+. The molecule has 1 aliphatic rings. The molecule has 0 bridgehead atoms.